The Bertz CT molecular complexity index is 593. The average molecular weight is 333 g/mol. The molecule has 0 aliphatic carbocycles. The van der Waals surface area contributed by atoms with Crippen molar-refractivity contribution < 1.29 is 14.9 Å². The standard InChI is InChI=1S/C11H13BrN2O5/c12-2-1-6-4-13-11(18)14(10(6)17)9-3-7(16)8(5-15)19-9/h1-2,4,7-9,15-16H,3,5H2,(H,13,18)/b2-1+/t7-,8+,9+/m0/s1. The highest BCUT2D eigenvalue weighted by molar-refractivity contribution is 9.11. The van der Waals surface area contributed by atoms with Gasteiger partial charge in [0, 0.05) is 12.6 Å². The zero-order valence-corrected chi connectivity index (χ0v) is 11.4. The molecule has 104 valence electrons. The number of aromatic nitrogens is 2. The van der Waals surface area contributed by atoms with Crippen LogP contribution in [0.5, 0.6) is 0 Å². The Morgan fingerprint density at radius 3 is 2.89 bits per heavy atom. The van der Waals surface area contributed by atoms with Gasteiger partial charge < -0.3 is 19.9 Å². The second kappa shape index (κ2) is 5.83. The Labute approximate surface area is 116 Å². The Hall–Kier alpha value is -1.22. The molecule has 2 rings (SSSR count). The van der Waals surface area contributed by atoms with Crippen LogP contribution in [0.15, 0.2) is 20.8 Å². The van der Waals surface area contributed by atoms with Crippen LogP contribution in [0.2, 0.25) is 0 Å². The van der Waals surface area contributed by atoms with Crippen molar-refractivity contribution in [1.82, 2.24) is 9.55 Å². The van der Waals surface area contributed by atoms with E-state index in [4.69, 9.17) is 9.84 Å². The third-order valence-corrected chi connectivity index (χ3v) is 3.21. The number of aromatic amines is 1. The molecule has 8 heteroatoms. The second-order valence-corrected chi connectivity index (χ2v) is 4.66. The van der Waals surface area contributed by atoms with Gasteiger partial charge in [-0.15, -0.1) is 0 Å². The van der Waals surface area contributed by atoms with Crippen molar-refractivity contribution >= 4 is 22.0 Å². The lowest BCUT2D eigenvalue weighted by molar-refractivity contribution is -0.0469. The van der Waals surface area contributed by atoms with Crippen LogP contribution in [-0.2, 0) is 4.74 Å². The van der Waals surface area contributed by atoms with Gasteiger partial charge in [0.05, 0.1) is 18.3 Å². The van der Waals surface area contributed by atoms with E-state index in [1.807, 2.05) is 0 Å². The first-order valence-electron chi connectivity index (χ1n) is 5.64. The van der Waals surface area contributed by atoms with E-state index in [1.54, 1.807) is 0 Å². The summed E-state index contributed by atoms with van der Waals surface area (Å²) in [5.41, 5.74) is -0.857. The maximum Gasteiger partial charge on any atom is 0.330 e. The topological polar surface area (TPSA) is 105 Å². The normalized spacial score (nSPS) is 27.2. The molecule has 7 nitrogen and oxygen atoms in total. The highest BCUT2D eigenvalue weighted by Gasteiger charge is 2.35. The van der Waals surface area contributed by atoms with Gasteiger partial charge in [-0.05, 0) is 11.1 Å². The summed E-state index contributed by atoms with van der Waals surface area (Å²) in [7, 11) is 0. The number of nitrogens with zero attached hydrogens (tertiary/aromatic N) is 1. The van der Waals surface area contributed by atoms with Crippen LogP contribution in [0.25, 0.3) is 6.08 Å². The van der Waals surface area contributed by atoms with Gasteiger partial charge in [0.15, 0.2) is 0 Å². The third-order valence-electron chi connectivity index (χ3n) is 2.95. The summed E-state index contributed by atoms with van der Waals surface area (Å²) in [6.07, 6.45) is 0.295. The van der Waals surface area contributed by atoms with Crippen molar-refractivity contribution in [2.45, 2.75) is 24.9 Å². The maximum atomic E-state index is 12.1. The smallest absolute Gasteiger partial charge is 0.330 e. The first-order valence-corrected chi connectivity index (χ1v) is 6.55. The molecular formula is C11H13BrN2O5. The predicted molar refractivity (Wildman–Crippen MR) is 70.9 cm³/mol. The lowest BCUT2D eigenvalue weighted by Crippen LogP contribution is -2.39. The number of hydrogen-bond donors (Lipinski definition) is 3. The van der Waals surface area contributed by atoms with Crippen LogP contribution in [-0.4, -0.2) is 38.6 Å². The highest BCUT2D eigenvalue weighted by atomic mass is 79.9. The van der Waals surface area contributed by atoms with Crippen molar-refractivity contribution in [1.29, 1.82) is 0 Å². The molecule has 3 atom stereocenters. The van der Waals surface area contributed by atoms with E-state index in [-0.39, 0.29) is 18.6 Å². The van der Waals surface area contributed by atoms with Gasteiger partial charge in [0.25, 0.3) is 5.56 Å². The van der Waals surface area contributed by atoms with E-state index in [0.717, 1.165) is 4.57 Å². The molecule has 1 fully saturated rings. The van der Waals surface area contributed by atoms with Crippen LogP contribution < -0.4 is 11.2 Å². The summed E-state index contributed by atoms with van der Waals surface area (Å²) in [6.45, 7) is -0.370. The first-order chi connectivity index (χ1) is 9.08. The zero-order chi connectivity index (χ0) is 14.0. The van der Waals surface area contributed by atoms with Crippen molar-refractivity contribution in [2.24, 2.45) is 0 Å². The molecule has 1 aliphatic heterocycles. The summed E-state index contributed by atoms with van der Waals surface area (Å²) >= 11 is 3.05. The number of ether oxygens (including phenoxy) is 1. The summed E-state index contributed by atoms with van der Waals surface area (Å²) in [5, 5.41) is 18.6. The zero-order valence-electron chi connectivity index (χ0n) is 9.82. The summed E-state index contributed by atoms with van der Waals surface area (Å²) in [6, 6.07) is 0. The van der Waals surface area contributed by atoms with Crippen molar-refractivity contribution in [3.05, 3.63) is 37.6 Å². The van der Waals surface area contributed by atoms with Crippen LogP contribution in [0.4, 0.5) is 0 Å². The quantitative estimate of drug-likeness (QED) is 0.695. The summed E-state index contributed by atoms with van der Waals surface area (Å²) in [5.74, 6) is 0. The first kappa shape index (κ1) is 14.2. The van der Waals surface area contributed by atoms with Crippen molar-refractivity contribution in [2.75, 3.05) is 6.61 Å². The van der Waals surface area contributed by atoms with Crippen LogP contribution in [0.1, 0.15) is 18.2 Å². The fraction of sp³-hybridized carbons (Fsp3) is 0.455. The molecule has 0 unspecified atom stereocenters. The number of aliphatic hydroxyl groups is 2. The molecule has 0 bridgehead atoms. The number of hydrogen-bond acceptors (Lipinski definition) is 5. The molecule has 3 N–H and O–H groups in total. The number of rotatable bonds is 3. The molecule has 0 aromatic carbocycles. The van der Waals surface area contributed by atoms with Crippen LogP contribution in [0.3, 0.4) is 0 Å². The minimum Gasteiger partial charge on any atom is -0.394 e. The van der Waals surface area contributed by atoms with Gasteiger partial charge in [0.2, 0.25) is 0 Å². The van der Waals surface area contributed by atoms with E-state index in [2.05, 4.69) is 20.9 Å². The number of aliphatic hydroxyl groups excluding tert-OH is 2. The largest absolute Gasteiger partial charge is 0.394 e. The van der Waals surface area contributed by atoms with Crippen LogP contribution >= 0.6 is 15.9 Å². The Kier molecular flexibility index (Phi) is 4.35. The Morgan fingerprint density at radius 2 is 2.32 bits per heavy atom. The molecule has 2 heterocycles. The SMILES string of the molecule is O=c1[nH]cc(/C=C/Br)c(=O)n1[C@H]1C[C@H](O)[C@@H](CO)O1. The second-order valence-electron chi connectivity index (χ2n) is 4.13. The average Bonchev–Trinajstić information content (AvgIpc) is 2.74. The van der Waals surface area contributed by atoms with E-state index in [0.29, 0.717) is 0 Å². The number of nitrogens with one attached hydrogen (secondary N) is 1. The van der Waals surface area contributed by atoms with Gasteiger partial charge in [-0.25, -0.2) is 9.36 Å². The van der Waals surface area contributed by atoms with Crippen molar-refractivity contribution in [3.63, 3.8) is 0 Å². The molecule has 1 aromatic rings. The molecule has 0 spiro atoms. The lowest BCUT2D eigenvalue weighted by atomic mass is 10.2. The van der Waals surface area contributed by atoms with Gasteiger partial charge in [-0.3, -0.25) is 4.79 Å². The maximum absolute atomic E-state index is 12.1. The minimum absolute atomic E-state index is 0.0791. The fourth-order valence-electron chi connectivity index (χ4n) is 1.99. The Morgan fingerprint density at radius 1 is 1.58 bits per heavy atom. The molecule has 0 radical (unpaired) electrons. The van der Waals surface area contributed by atoms with E-state index < -0.39 is 29.7 Å². The van der Waals surface area contributed by atoms with E-state index in [1.165, 1.54) is 17.3 Å². The van der Waals surface area contributed by atoms with Crippen LogP contribution in [0, 0.1) is 0 Å². The fourth-order valence-corrected chi connectivity index (χ4v) is 2.27. The highest BCUT2D eigenvalue weighted by Crippen LogP contribution is 2.26. The van der Waals surface area contributed by atoms with Gasteiger partial charge in [0.1, 0.15) is 12.3 Å². The molecule has 1 aliphatic rings. The number of halogens is 1. The summed E-state index contributed by atoms with van der Waals surface area (Å²) in [4.78, 5) is 27.8. The molecule has 0 amide bonds. The lowest BCUT2D eigenvalue weighted by Gasteiger charge is -2.13. The van der Waals surface area contributed by atoms with Gasteiger partial charge in [-0.2, -0.15) is 0 Å². The molecule has 0 saturated carbocycles. The number of H-pyrrole nitrogens is 1. The monoisotopic (exact) mass is 332 g/mol. The third kappa shape index (κ3) is 2.71. The van der Waals surface area contributed by atoms with Crippen molar-refractivity contribution in [3.8, 4) is 0 Å². The van der Waals surface area contributed by atoms with E-state index >= 15 is 0 Å². The molecular weight excluding hydrogens is 320 g/mol. The molecule has 19 heavy (non-hydrogen) atoms. The molecule has 1 aromatic heterocycles. The molecule has 1 saturated heterocycles. The van der Waals surface area contributed by atoms with E-state index in [9.17, 15) is 14.7 Å². The summed E-state index contributed by atoms with van der Waals surface area (Å²) < 4.78 is 6.21. The minimum atomic E-state index is -0.906. The van der Waals surface area contributed by atoms with Gasteiger partial charge >= 0.3 is 5.69 Å². The Balaban J connectivity index is 2.43. The predicted octanol–water partition coefficient (Wildman–Crippen LogP) is -0.457. The van der Waals surface area contributed by atoms with Gasteiger partial charge in [-0.1, -0.05) is 15.9 Å².